The van der Waals surface area contributed by atoms with Crippen LogP contribution in [0.3, 0.4) is 0 Å². The van der Waals surface area contributed by atoms with Gasteiger partial charge < -0.3 is 28.9 Å². The third-order valence-electron chi connectivity index (χ3n) is 10.3. The van der Waals surface area contributed by atoms with Gasteiger partial charge in [0.15, 0.2) is 6.10 Å². The molecule has 0 saturated carbocycles. The van der Waals surface area contributed by atoms with Crippen LogP contribution in [0.4, 0.5) is 0 Å². The number of phosphoric acid groups is 1. The van der Waals surface area contributed by atoms with Crippen LogP contribution in [0.25, 0.3) is 0 Å². The Morgan fingerprint density at radius 2 is 1.20 bits per heavy atom. The molecule has 0 aliphatic heterocycles. The minimum absolute atomic E-state index is 0.0412. The van der Waals surface area contributed by atoms with Crippen molar-refractivity contribution in [3.8, 4) is 0 Å². The van der Waals surface area contributed by atoms with Crippen LogP contribution in [0.2, 0.25) is 0 Å². The zero-order chi connectivity index (χ0) is 41.0. The van der Waals surface area contributed by atoms with Crippen molar-refractivity contribution in [3.63, 3.8) is 0 Å². The van der Waals surface area contributed by atoms with Gasteiger partial charge in [0, 0.05) is 45.1 Å². The van der Waals surface area contributed by atoms with Crippen molar-refractivity contribution in [2.24, 2.45) is 5.73 Å². The van der Waals surface area contributed by atoms with Gasteiger partial charge in [-0.1, -0.05) is 90.9 Å². The van der Waals surface area contributed by atoms with E-state index >= 15 is 0 Å². The van der Waals surface area contributed by atoms with E-state index in [0.29, 0.717) is 12.8 Å². The monoisotopic (exact) mass is 810 g/mol. The molecular formula is C44H76NO10P. The fourth-order valence-corrected chi connectivity index (χ4v) is 7.58. The largest absolute Gasteiger partial charge is 0.472 e. The Kier molecular flexibility index (Phi) is 26.4. The van der Waals surface area contributed by atoms with Gasteiger partial charge in [0.05, 0.1) is 13.2 Å². The highest BCUT2D eigenvalue weighted by Gasteiger charge is 2.26. The predicted molar refractivity (Wildman–Crippen MR) is 222 cm³/mol. The number of unbranched alkanes of at least 4 members (excludes halogenated alkanes) is 14. The molecule has 2 rings (SSSR count). The van der Waals surface area contributed by atoms with Crippen LogP contribution in [-0.2, 0) is 58.4 Å². The molecule has 0 saturated heterocycles. The van der Waals surface area contributed by atoms with Crippen LogP contribution in [0.5, 0.6) is 0 Å². The van der Waals surface area contributed by atoms with Crippen molar-refractivity contribution in [1.29, 1.82) is 0 Å². The van der Waals surface area contributed by atoms with E-state index in [2.05, 4.69) is 40.7 Å². The second-order valence-electron chi connectivity index (χ2n) is 15.4. The Labute approximate surface area is 338 Å². The summed E-state index contributed by atoms with van der Waals surface area (Å²) in [5.41, 5.74) is 9.23. The van der Waals surface area contributed by atoms with Gasteiger partial charge in [-0.3, -0.25) is 18.6 Å². The number of nitrogens with two attached hydrogens (primary N) is 1. The zero-order valence-electron chi connectivity index (χ0n) is 35.6. The van der Waals surface area contributed by atoms with Crippen molar-refractivity contribution < 1.29 is 46.4 Å². The lowest BCUT2D eigenvalue weighted by Gasteiger charge is -2.19. The van der Waals surface area contributed by atoms with Gasteiger partial charge in [-0.25, -0.2) is 4.57 Å². The number of esters is 2. The first kappa shape index (κ1) is 49.7. The normalized spacial score (nSPS) is 13.2. The summed E-state index contributed by atoms with van der Waals surface area (Å²) in [5.74, 6) is 3.62. The summed E-state index contributed by atoms with van der Waals surface area (Å²) in [6, 6.07) is 2.18. The summed E-state index contributed by atoms with van der Waals surface area (Å²) in [4.78, 5) is 35.1. The van der Waals surface area contributed by atoms with Gasteiger partial charge in [0.25, 0.3) is 0 Å². The van der Waals surface area contributed by atoms with Crippen molar-refractivity contribution in [1.82, 2.24) is 0 Å². The quantitative estimate of drug-likeness (QED) is 0.0387. The lowest BCUT2D eigenvalue weighted by Crippen LogP contribution is -2.29. The molecule has 2 aromatic heterocycles. The molecule has 2 heterocycles. The molecule has 56 heavy (non-hydrogen) atoms. The van der Waals surface area contributed by atoms with E-state index in [1.54, 1.807) is 0 Å². The fraction of sp³-hybridized carbons (Fsp3) is 0.773. The summed E-state index contributed by atoms with van der Waals surface area (Å²) < 4.78 is 45.1. The molecule has 0 bridgehead atoms. The SMILES string of the molecule is CCCCCc1cc(C)c(CCCCCCCCC(=O)O[C@H](COC(=O)CCCCCCCCCCc2oc(CCC)c(C)c2C)COP(=O)(O)OCCN)o1. The van der Waals surface area contributed by atoms with E-state index in [-0.39, 0.29) is 32.6 Å². The van der Waals surface area contributed by atoms with Gasteiger partial charge in [-0.2, -0.15) is 0 Å². The number of carbonyl (C=O) groups is 2. The van der Waals surface area contributed by atoms with E-state index in [0.717, 1.165) is 113 Å². The molecule has 11 nitrogen and oxygen atoms in total. The van der Waals surface area contributed by atoms with E-state index < -0.39 is 32.5 Å². The third-order valence-corrected chi connectivity index (χ3v) is 11.3. The van der Waals surface area contributed by atoms with Crippen LogP contribution in [-0.4, -0.2) is 49.3 Å². The predicted octanol–water partition coefficient (Wildman–Crippen LogP) is 11.1. The second-order valence-corrected chi connectivity index (χ2v) is 16.8. The van der Waals surface area contributed by atoms with Crippen LogP contribution >= 0.6 is 7.82 Å². The maximum atomic E-state index is 12.7. The maximum absolute atomic E-state index is 12.7. The Hall–Kier alpha value is -2.43. The van der Waals surface area contributed by atoms with Gasteiger partial charge in [0.1, 0.15) is 29.6 Å². The van der Waals surface area contributed by atoms with E-state index in [9.17, 15) is 19.0 Å². The first-order valence-corrected chi connectivity index (χ1v) is 23.3. The molecule has 0 aliphatic carbocycles. The minimum Gasteiger partial charge on any atom is -0.466 e. The highest BCUT2D eigenvalue weighted by molar-refractivity contribution is 7.47. The molecule has 0 spiro atoms. The minimum atomic E-state index is -4.40. The number of hydrogen-bond acceptors (Lipinski definition) is 10. The van der Waals surface area contributed by atoms with E-state index in [4.69, 9.17) is 33.1 Å². The van der Waals surface area contributed by atoms with Gasteiger partial charge in [-0.05, 0) is 82.1 Å². The summed E-state index contributed by atoms with van der Waals surface area (Å²) in [7, 11) is -4.40. The second kappa shape index (κ2) is 29.7. The topological polar surface area (TPSA) is 161 Å². The molecule has 1 unspecified atom stereocenters. The molecular weight excluding hydrogens is 733 g/mol. The molecule has 3 N–H and O–H groups in total. The number of aryl methyl sites for hydroxylation is 5. The zero-order valence-corrected chi connectivity index (χ0v) is 36.5. The van der Waals surface area contributed by atoms with Crippen LogP contribution in [0, 0.1) is 20.8 Å². The number of ether oxygens (including phenoxy) is 2. The van der Waals surface area contributed by atoms with Crippen LogP contribution < -0.4 is 5.73 Å². The number of rotatable bonds is 35. The average Bonchev–Trinajstić information content (AvgIpc) is 3.66. The van der Waals surface area contributed by atoms with Crippen molar-refractivity contribution in [2.45, 2.75) is 195 Å². The maximum Gasteiger partial charge on any atom is 0.472 e. The molecule has 2 atom stereocenters. The van der Waals surface area contributed by atoms with E-state index in [1.165, 1.54) is 55.2 Å². The summed E-state index contributed by atoms with van der Waals surface area (Å²) in [6.45, 7) is 10.00. The Morgan fingerprint density at radius 1 is 0.661 bits per heavy atom. The number of phosphoric ester groups is 1. The lowest BCUT2D eigenvalue weighted by molar-refractivity contribution is -0.161. The summed E-state index contributed by atoms with van der Waals surface area (Å²) in [5, 5.41) is 0. The molecule has 12 heteroatoms. The van der Waals surface area contributed by atoms with Crippen molar-refractivity contribution in [2.75, 3.05) is 26.4 Å². The average molecular weight is 810 g/mol. The Bertz CT molecular complexity index is 1400. The molecule has 0 aromatic carbocycles. The van der Waals surface area contributed by atoms with Crippen molar-refractivity contribution in [3.05, 3.63) is 45.8 Å². The smallest absolute Gasteiger partial charge is 0.466 e. The van der Waals surface area contributed by atoms with Gasteiger partial charge in [0.2, 0.25) is 0 Å². The molecule has 2 aromatic rings. The summed E-state index contributed by atoms with van der Waals surface area (Å²) in [6.07, 6.45) is 22.4. The molecule has 0 aliphatic rings. The van der Waals surface area contributed by atoms with E-state index in [1.807, 2.05) is 0 Å². The van der Waals surface area contributed by atoms with Crippen LogP contribution in [0.15, 0.2) is 14.9 Å². The number of furan rings is 2. The summed E-state index contributed by atoms with van der Waals surface area (Å²) >= 11 is 0. The third kappa shape index (κ3) is 21.9. The standard InChI is InChI=1S/C44H76NO10P/c1-6-8-19-25-38-32-35(3)40(53-38)26-20-15-13-14-18-23-29-44(47)54-39(34-52-56(48,49)51-31-30-45)33-50-43(46)28-22-17-12-10-9-11-16-21-27-42-37(5)36(4)41(55-42)24-7-2/h32,39H,6-31,33-34,45H2,1-5H3,(H,48,49)/t39-/m1/s1. The fourth-order valence-electron chi connectivity index (χ4n) is 6.81. The first-order valence-electron chi connectivity index (χ1n) is 21.8. The molecule has 0 radical (unpaired) electrons. The first-order chi connectivity index (χ1) is 27.0. The number of carbonyl (C=O) groups excluding carboxylic acids is 2. The Balaban J connectivity index is 1.60. The van der Waals surface area contributed by atoms with Gasteiger partial charge >= 0.3 is 19.8 Å². The highest BCUT2D eigenvalue weighted by atomic mass is 31.2. The van der Waals surface area contributed by atoms with Crippen LogP contribution in [0.1, 0.15) is 182 Å². The highest BCUT2D eigenvalue weighted by Crippen LogP contribution is 2.43. The Morgan fingerprint density at radius 3 is 1.79 bits per heavy atom. The molecule has 0 amide bonds. The van der Waals surface area contributed by atoms with Crippen molar-refractivity contribution >= 4 is 19.8 Å². The number of hydrogen-bond donors (Lipinski definition) is 2. The lowest BCUT2D eigenvalue weighted by atomic mass is 10.0. The molecule has 322 valence electrons. The molecule has 0 fully saturated rings. The van der Waals surface area contributed by atoms with Gasteiger partial charge in [-0.15, -0.1) is 0 Å².